The molecule has 4 N–H and O–H groups in total. The summed E-state index contributed by atoms with van der Waals surface area (Å²) in [4.78, 5) is 21.9. The first-order valence-corrected chi connectivity index (χ1v) is 8.38. The van der Waals surface area contributed by atoms with Crippen LogP contribution < -0.4 is 15.8 Å². The van der Waals surface area contributed by atoms with Crippen molar-refractivity contribution >= 4 is 38.6 Å². The Hall–Kier alpha value is -2.26. The lowest BCUT2D eigenvalue weighted by atomic mass is 10.1. The molecule has 0 saturated carbocycles. The lowest BCUT2D eigenvalue weighted by molar-refractivity contribution is -0.117. The summed E-state index contributed by atoms with van der Waals surface area (Å²) in [6.07, 6.45) is 0.120. The van der Waals surface area contributed by atoms with Crippen molar-refractivity contribution in [1.29, 1.82) is 0 Å². The van der Waals surface area contributed by atoms with Crippen molar-refractivity contribution in [2.45, 2.75) is 6.42 Å². The number of para-hydroxylation sites is 1. The van der Waals surface area contributed by atoms with Gasteiger partial charge in [-0.05, 0) is 12.1 Å². The minimum absolute atomic E-state index is 0.0661. The molecule has 1 aromatic heterocycles. The molecular formula is C13H15N5O3S. The third-order valence-corrected chi connectivity index (χ3v) is 4.47. The van der Waals surface area contributed by atoms with E-state index >= 15 is 0 Å². The highest BCUT2D eigenvalue weighted by molar-refractivity contribution is 7.89. The number of nitrogen functional groups attached to an aromatic ring is 1. The van der Waals surface area contributed by atoms with E-state index in [1.54, 1.807) is 12.1 Å². The quantitative estimate of drug-likeness (QED) is 0.808. The molecule has 0 aliphatic carbocycles. The van der Waals surface area contributed by atoms with Crippen molar-refractivity contribution in [2.75, 3.05) is 22.9 Å². The van der Waals surface area contributed by atoms with Gasteiger partial charge in [0.05, 0.1) is 11.3 Å². The van der Waals surface area contributed by atoms with Crippen LogP contribution in [0.3, 0.4) is 0 Å². The SMILES string of the molecule is Nc1nc(N2CC(CS(N)(=O)=O)CC2=O)c2ccccc2n1. The molecule has 0 spiro atoms. The summed E-state index contributed by atoms with van der Waals surface area (Å²) in [5.41, 5.74) is 6.33. The number of aromatic nitrogens is 2. The van der Waals surface area contributed by atoms with Crippen LogP contribution in [0.25, 0.3) is 10.9 Å². The topological polar surface area (TPSA) is 132 Å². The summed E-state index contributed by atoms with van der Waals surface area (Å²) in [7, 11) is -3.62. The second-order valence-electron chi connectivity index (χ2n) is 5.33. The van der Waals surface area contributed by atoms with Gasteiger partial charge in [-0.15, -0.1) is 0 Å². The zero-order valence-electron chi connectivity index (χ0n) is 11.6. The Balaban J connectivity index is 1.99. The number of sulfonamides is 1. The van der Waals surface area contributed by atoms with Crippen LogP contribution >= 0.6 is 0 Å². The molecule has 1 aliphatic rings. The predicted molar refractivity (Wildman–Crippen MR) is 82.4 cm³/mol. The van der Waals surface area contributed by atoms with Crippen LogP contribution in [0.15, 0.2) is 24.3 Å². The van der Waals surface area contributed by atoms with Crippen molar-refractivity contribution in [3.63, 3.8) is 0 Å². The molecule has 0 radical (unpaired) electrons. The average Bonchev–Trinajstić information content (AvgIpc) is 2.76. The van der Waals surface area contributed by atoms with Gasteiger partial charge in [0.15, 0.2) is 0 Å². The van der Waals surface area contributed by atoms with Crippen LogP contribution in [-0.4, -0.2) is 36.6 Å². The number of carbonyl (C=O) groups excluding carboxylic acids is 1. The highest BCUT2D eigenvalue weighted by Gasteiger charge is 2.34. The van der Waals surface area contributed by atoms with Crippen molar-refractivity contribution in [2.24, 2.45) is 11.1 Å². The normalized spacial score (nSPS) is 19.0. The first-order chi connectivity index (χ1) is 10.3. The maximum atomic E-state index is 12.2. The van der Waals surface area contributed by atoms with E-state index < -0.39 is 10.0 Å². The number of hydrogen-bond acceptors (Lipinski definition) is 6. The highest BCUT2D eigenvalue weighted by Crippen LogP contribution is 2.30. The largest absolute Gasteiger partial charge is 0.368 e. The number of fused-ring (bicyclic) bond motifs is 1. The Bertz CT molecular complexity index is 852. The molecule has 1 aromatic carbocycles. The van der Waals surface area contributed by atoms with E-state index in [0.717, 1.165) is 0 Å². The van der Waals surface area contributed by atoms with Gasteiger partial charge in [-0.3, -0.25) is 9.69 Å². The Labute approximate surface area is 127 Å². The average molecular weight is 321 g/mol. The zero-order chi connectivity index (χ0) is 15.9. The number of rotatable bonds is 3. The number of nitrogens with zero attached hydrogens (tertiary/aromatic N) is 3. The lowest BCUT2D eigenvalue weighted by Gasteiger charge is -2.17. The zero-order valence-corrected chi connectivity index (χ0v) is 12.5. The molecule has 9 heteroatoms. The Morgan fingerprint density at radius 2 is 2.00 bits per heavy atom. The molecule has 1 atom stereocenters. The molecule has 8 nitrogen and oxygen atoms in total. The number of carbonyl (C=O) groups is 1. The van der Waals surface area contributed by atoms with E-state index in [2.05, 4.69) is 9.97 Å². The minimum atomic E-state index is -3.62. The van der Waals surface area contributed by atoms with E-state index in [4.69, 9.17) is 10.9 Å². The van der Waals surface area contributed by atoms with E-state index in [1.165, 1.54) is 4.90 Å². The number of hydrogen-bond donors (Lipinski definition) is 2. The van der Waals surface area contributed by atoms with Crippen LogP contribution in [-0.2, 0) is 14.8 Å². The molecule has 0 bridgehead atoms. The maximum absolute atomic E-state index is 12.2. The van der Waals surface area contributed by atoms with Gasteiger partial charge in [-0.25, -0.2) is 18.5 Å². The van der Waals surface area contributed by atoms with E-state index in [9.17, 15) is 13.2 Å². The van der Waals surface area contributed by atoms with Gasteiger partial charge in [-0.2, -0.15) is 4.98 Å². The van der Waals surface area contributed by atoms with E-state index in [0.29, 0.717) is 16.7 Å². The molecule has 2 heterocycles. The number of nitrogens with two attached hydrogens (primary N) is 2. The highest BCUT2D eigenvalue weighted by atomic mass is 32.2. The molecule has 116 valence electrons. The molecule has 2 aromatic rings. The Kier molecular flexibility index (Phi) is 3.45. The van der Waals surface area contributed by atoms with Crippen LogP contribution in [0.1, 0.15) is 6.42 Å². The van der Waals surface area contributed by atoms with Gasteiger partial charge in [0.2, 0.25) is 21.9 Å². The first-order valence-electron chi connectivity index (χ1n) is 6.66. The fourth-order valence-corrected chi connectivity index (χ4v) is 3.59. The fourth-order valence-electron chi connectivity index (χ4n) is 2.71. The van der Waals surface area contributed by atoms with Crippen LogP contribution in [0, 0.1) is 5.92 Å². The number of primary sulfonamides is 1. The van der Waals surface area contributed by atoms with Crippen molar-refractivity contribution < 1.29 is 13.2 Å². The van der Waals surface area contributed by atoms with Crippen molar-refractivity contribution in [3.8, 4) is 0 Å². The summed E-state index contributed by atoms with van der Waals surface area (Å²) in [6.45, 7) is 0.246. The summed E-state index contributed by atoms with van der Waals surface area (Å²) in [6, 6.07) is 7.20. The smallest absolute Gasteiger partial charge is 0.228 e. The number of benzene rings is 1. The summed E-state index contributed by atoms with van der Waals surface area (Å²) >= 11 is 0. The molecule has 1 aliphatic heterocycles. The number of amides is 1. The molecule has 1 amide bonds. The molecule has 3 rings (SSSR count). The summed E-state index contributed by atoms with van der Waals surface area (Å²) in [5, 5.41) is 5.75. The molecule has 1 fully saturated rings. The monoisotopic (exact) mass is 321 g/mol. The second-order valence-corrected chi connectivity index (χ2v) is 6.99. The molecule has 1 unspecified atom stereocenters. The Morgan fingerprint density at radius 1 is 1.27 bits per heavy atom. The van der Waals surface area contributed by atoms with Gasteiger partial charge >= 0.3 is 0 Å². The van der Waals surface area contributed by atoms with Crippen LogP contribution in [0.2, 0.25) is 0 Å². The van der Waals surface area contributed by atoms with Gasteiger partial charge < -0.3 is 5.73 Å². The molecule has 22 heavy (non-hydrogen) atoms. The van der Waals surface area contributed by atoms with E-state index in [-0.39, 0.29) is 36.5 Å². The van der Waals surface area contributed by atoms with Crippen LogP contribution in [0.5, 0.6) is 0 Å². The molecular weight excluding hydrogens is 306 g/mol. The predicted octanol–water partition coefficient (Wildman–Crippen LogP) is -0.147. The van der Waals surface area contributed by atoms with Gasteiger partial charge in [0.25, 0.3) is 0 Å². The summed E-state index contributed by atoms with van der Waals surface area (Å²) in [5.74, 6) is -0.302. The number of anilines is 2. The Morgan fingerprint density at radius 3 is 2.73 bits per heavy atom. The third-order valence-electron chi connectivity index (χ3n) is 3.53. The first kappa shape index (κ1) is 14.7. The molecule has 1 saturated heterocycles. The van der Waals surface area contributed by atoms with Crippen molar-refractivity contribution in [3.05, 3.63) is 24.3 Å². The maximum Gasteiger partial charge on any atom is 0.228 e. The van der Waals surface area contributed by atoms with Gasteiger partial charge in [0, 0.05) is 24.3 Å². The van der Waals surface area contributed by atoms with Crippen molar-refractivity contribution in [1.82, 2.24) is 9.97 Å². The fraction of sp³-hybridized carbons (Fsp3) is 0.308. The van der Waals surface area contributed by atoms with Gasteiger partial charge in [0.1, 0.15) is 5.82 Å². The standard InChI is InChI=1S/C13H15N5O3S/c14-13-16-10-4-2-1-3-9(10)12(17-13)18-6-8(5-11(18)19)7-22(15,20)21/h1-4,8H,5-7H2,(H2,14,16,17)(H2,15,20,21). The summed E-state index contributed by atoms with van der Waals surface area (Å²) < 4.78 is 22.4. The lowest BCUT2D eigenvalue weighted by Crippen LogP contribution is -2.28. The third kappa shape index (κ3) is 2.85. The van der Waals surface area contributed by atoms with Gasteiger partial charge in [-0.1, -0.05) is 12.1 Å². The minimum Gasteiger partial charge on any atom is -0.368 e. The van der Waals surface area contributed by atoms with Crippen LogP contribution in [0.4, 0.5) is 11.8 Å². The second kappa shape index (κ2) is 5.18. The van der Waals surface area contributed by atoms with E-state index in [1.807, 2.05) is 12.1 Å².